The Balaban J connectivity index is 2.04. The molecule has 0 bridgehead atoms. The molecule has 8 nitrogen and oxygen atoms in total. The first-order valence-corrected chi connectivity index (χ1v) is 5.78. The highest BCUT2D eigenvalue weighted by molar-refractivity contribution is 5.78. The van der Waals surface area contributed by atoms with Gasteiger partial charge >= 0.3 is 0 Å². The summed E-state index contributed by atoms with van der Waals surface area (Å²) in [5, 5.41) is 3.28. The number of hydrogen-bond acceptors (Lipinski definition) is 7. The van der Waals surface area contributed by atoms with Gasteiger partial charge in [0.2, 0.25) is 11.9 Å². The molecule has 2 aromatic heterocycles. The van der Waals surface area contributed by atoms with Gasteiger partial charge in [-0.05, 0) is 12.1 Å². The molecule has 0 aliphatic carbocycles. The maximum atomic E-state index is 11.9. The van der Waals surface area contributed by atoms with Crippen molar-refractivity contribution < 1.29 is 0 Å². The van der Waals surface area contributed by atoms with Gasteiger partial charge in [-0.25, -0.2) is 4.98 Å². The molecule has 100 valence electrons. The minimum Gasteiger partial charge on any atom is -0.383 e. The van der Waals surface area contributed by atoms with E-state index in [1.807, 2.05) is 0 Å². The van der Waals surface area contributed by atoms with Crippen molar-refractivity contribution in [2.75, 3.05) is 16.8 Å². The number of aromatic amines is 1. The molecule has 3 rings (SSSR count). The summed E-state index contributed by atoms with van der Waals surface area (Å²) in [5.41, 5.74) is 11.5. The summed E-state index contributed by atoms with van der Waals surface area (Å²) in [5.74, 6) is 0.839. The van der Waals surface area contributed by atoms with Crippen molar-refractivity contribution in [3.05, 3.63) is 40.7 Å². The van der Waals surface area contributed by atoms with E-state index in [4.69, 9.17) is 11.5 Å². The summed E-state index contributed by atoms with van der Waals surface area (Å²) in [6, 6.07) is 8.44. The molecule has 0 saturated carbocycles. The monoisotopic (exact) mass is 269 g/mol. The van der Waals surface area contributed by atoms with E-state index in [1.54, 1.807) is 24.3 Å². The summed E-state index contributed by atoms with van der Waals surface area (Å²) >= 11 is 0. The molecule has 0 aliphatic heterocycles. The second-order valence-corrected chi connectivity index (χ2v) is 4.10. The molecule has 0 fully saturated rings. The zero-order valence-corrected chi connectivity index (χ0v) is 10.3. The van der Waals surface area contributed by atoms with Gasteiger partial charge in [0.15, 0.2) is 0 Å². The molecule has 6 N–H and O–H groups in total. The fraction of sp³-hybridized carbons (Fsp3) is 0. The van der Waals surface area contributed by atoms with E-state index in [1.165, 1.54) is 6.07 Å². The molecular weight excluding hydrogens is 258 g/mol. The summed E-state index contributed by atoms with van der Waals surface area (Å²) in [4.78, 5) is 26.7. The normalized spacial score (nSPS) is 10.6. The number of hydrogen-bond donors (Lipinski definition) is 4. The lowest BCUT2D eigenvalue weighted by molar-refractivity contribution is 1.11. The van der Waals surface area contributed by atoms with E-state index >= 15 is 0 Å². The average molecular weight is 269 g/mol. The van der Waals surface area contributed by atoms with Crippen LogP contribution in [0.15, 0.2) is 35.1 Å². The number of benzene rings is 1. The smallest absolute Gasteiger partial charge is 0.260 e. The van der Waals surface area contributed by atoms with Gasteiger partial charge in [-0.15, -0.1) is 0 Å². The molecule has 8 heteroatoms. The second kappa shape index (κ2) is 4.50. The predicted molar refractivity (Wildman–Crippen MR) is 76.5 cm³/mol. The minimum absolute atomic E-state index is 0.168. The lowest BCUT2D eigenvalue weighted by atomic mass is 10.2. The average Bonchev–Trinajstić information content (AvgIpc) is 2.37. The van der Waals surface area contributed by atoms with Crippen LogP contribution in [-0.2, 0) is 0 Å². The van der Waals surface area contributed by atoms with Crippen LogP contribution in [0, 0.1) is 0 Å². The molecule has 2 heterocycles. The lowest BCUT2D eigenvalue weighted by Crippen LogP contribution is -2.12. The molecule has 0 radical (unpaired) electrons. The van der Waals surface area contributed by atoms with Crippen molar-refractivity contribution in [2.24, 2.45) is 0 Å². The number of nitrogens with zero attached hydrogens (tertiary/aromatic N) is 3. The summed E-state index contributed by atoms with van der Waals surface area (Å²) in [6.45, 7) is 0. The van der Waals surface area contributed by atoms with Crippen LogP contribution in [0.5, 0.6) is 0 Å². The van der Waals surface area contributed by atoms with Crippen LogP contribution >= 0.6 is 0 Å². The standard InChI is InChI=1S/C12H11N7O/c13-8-5-9(14)17-12(16-8)19-11-15-7-4-2-1-3-6(7)10(20)18-11/h1-5H,(H6,13,14,15,16,17,18,19,20). The van der Waals surface area contributed by atoms with Crippen molar-refractivity contribution in [2.45, 2.75) is 0 Å². The quantitative estimate of drug-likeness (QED) is 0.535. The molecule has 0 saturated heterocycles. The summed E-state index contributed by atoms with van der Waals surface area (Å²) < 4.78 is 0. The van der Waals surface area contributed by atoms with Gasteiger partial charge < -0.3 is 11.5 Å². The van der Waals surface area contributed by atoms with Crippen LogP contribution in [0.1, 0.15) is 0 Å². The predicted octanol–water partition coefficient (Wildman–Crippen LogP) is 0.621. The Morgan fingerprint density at radius 2 is 1.75 bits per heavy atom. The number of para-hydroxylation sites is 1. The van der Waals surface area contributed by atoms with Crippen LogP contribution in [0.3, 0.4) is 0 Å². The Morgan fingerprint density at radius 3 is 2.50 bits per heavy atom. The minimum atomic E-state index is -0.255. The first-order chi connectivity index (χ1) is 9.61. The van der Waals surface area contributed by atoms with E-state index in [9.17, 15) is 4.79 Å². The fourth-order valence-electron chi connectivity index (χ4n) is 1.79. The Bertz CT molecular complexity index is 822. The maximum Gasteiger partial charge on any atom is 0.260 e. The van der Waals surface area contributed by atoms with Crippen LogP contribution in [0.4, 0.5) is 23.5 Å². The van der Waals surface area contributed by atoms with Gasteiger partial charge in [0.1, 0.15) is 11.6 Å². The van der Waals surface area contributed by atoms with E-state index in [0.717, 1.165) is 0 Å². The Hall–Kier alpha value is -3.16. The van der Waals surface area contributed by atoms with E-state index in [2.05, 4.69) is 25.3 Å². The van der Waals surface area contributed by atoms with Crippen molar-refractivity contribution in [1.82, 2.24) is 19.9 Å². The number of nitrogens with two attached hydrogens (primary N) is 2. The van der Waals surface area contributed by atoms with Gasteiger partial charge in [0.25, 0.3) is 5.56 Å². The molecule has 20 heavy (non-hydrogen) atoms. The van der Waals surface area contributed by atoms with Gasteiger partial charge in [0.05, 0.1) is 10.9 Å². The summed E-state index contributed by atoms with van der Waals surface area (Å²) in [7, 11) is 0. The molecule has 1 aromatic carbocycles. The largest absolute Gasteiger partial charge is 0.383 e. The first-order valence-electron chi connectivity index (χ1n) is 5.78. The number of anilines is 4. The van der Waals surface area contributed by atoms with E-state index in [0.29, 0.717) is 10.9 Å². The number of H-pyrrole nitrogens is 1. The SMILES string of the molecule is Nc1cc(N)nc(Nc2nc3ccccc3c(=O)[nH]2)n1. The fourth-order valence-corrected chi connectivity index (χ4v) is 1.79. The first kappa shape index (κ1) is 11.9. The number of fused-ring (bicyclic) bond motifs is 1. The summed E-state index contributed by atoms with van der Waals surface area (Å²) in [6.07, 6.45) is 0. The number of nitrogen functional groups attached to an aromatic ring is 2. The zero-order chi connectivity index (χ0) is 14.1. The zero-order valence-electron chi connectivity index (χ0n) is 10.3. The molecule has 3 aromatic rings. The van der Waals surface area contributed by atoms with Crippen molar-refractivity contribution >= 4 is 34.4 Å². The Labute approximate surface area is 112 Å². The molecule has 0 unspecified atom stereocenters. The van der Waals surface area contributed by atoms with Crippen LogP contribution < -0.4 is 22.3 Å². The van der Waals surface area contributed by atoms with Crippen LogP contribution in [0.25, 0.3) is 10.9 Å². The molecule has 0 spiro atoms. The molecule has 0 amide bonds. The molecular formula is C12H11N7O. The highest BCUT2D eigenvalue weighted by Gasteiger charge is 2.06. The van der Waals surface area contributed by atoms with Crippen molar-refractivity contribution in [3.63, 3.8) is 0 Å². The molecule has 0 atom stereocenters. The highest BCUT2D eigenvalue weighted by Crippen LogP contribution is 2.13. The third kappa shape index (κ3) is 2.21. The van der Waals surface area contributed by atoms with E-state index in [-0.39, 0.29) is 29.1 Å². The highest BCUT2D eigenvalue weighted by atomic mass is 16.1. The van der Waals surface area contributed by atoms with Crippen LogP contribution in [-0.4, -0.2) is 19.9 Å². The number of aromatic nitrogens is 4. The number of rotatable bonds is 2. The topological polar surface area (TPSA) is 136 Å². The second-order valence-electron chi connectivity index (χ2n) is 4.10. The molecule has 0 aliphatic rings. The van der Waals surface area contributed by atoms with E-state index < -0.39 is 0 Å². The maximum absolute atomic E-state index is 11.9. The van der Waals surface area contributed by atoms with Gasteiger partial charge in [-0.3, -0.25) is 15.1 Å². The van der Waals surface area contributed by atoms with Gasteiger partial charge in [-0.1, -0.05) is 12.1 Å². The van der Waals surface area contributed by atoms with Crippen LogP contribution in [0.2, 0.25) is 0 Å². The third-order valence-electron chi connectivity index (χ3n) is 2.61. The van der Waals surface area contributed by atoms with Crippen molar-refractivity contribution in [3.8, 4) is 0 Å². The Morgan fingerprint density at radius 1 is 1.05 bits per heavy atom. The Kier molecular flexibility index (Phi) is 2.68. The van der Waals surface area contributed by atoms with Crippen molar-refractivity contribution in [1.29, 1.82) is 0 Å². The van der Waals surface area contributed by atoms with Gasteiger partial charge in [0, 0.05) is 6.07 Å². The van der Waals surface area contributed by atoms with Gasteiger partial charge in [-0.2, -0.15) is 9.97 Å². The number of nitrogens with one attached hydrogen (secondary N) is 2. The lowest BCUT2D eigenvalue weighted by Gasteiger charge is -2.06. The third-order valence-corrected chi connectivity index (χ3v) is 2.61.